The number of hydrogen-bond donors (Lipinski definition) is 0. The molecule has 0 aliphatic heterocycles. The topological polar surface area (TPSA) is 18.5 Å². The van der Waals surface area contributed by atoms with Crippen molar-refractivity contribution in [2.24, 2.45) is 0 Å². The van der Waals surface area contributed by atoms with E-state index in [1.165, 1.54) is 0 Å². The summed E-state index contributed by atoms with van der Waals surface area (Å²) in [6.07, 6.45) is -4.99. The molecule has 0 saturated heterocycles. The molecule has 0 N–H and O–H groups in total. The van der Waals surface area contributed by atoms with Gasteiger partial charge in [-0.1, -0.05) is 13.3 Å². The van der Waals surface area contributed by atoms with Gasteiger partial charge in [0.2, 0.25) is 0 Å². The van der Waals surface area contributed by atoms with Crippen LogP contribution < -0.4 is 0 Å². The average Bonchev–Trinajstić information content (AvgIpc) is 2.40. The average molecular weight is 494 g/mol. The van der Waals surface area contributed by atoms with Gasteiger partial charge in [-0.2, -0.15) is 43.9 Å². The zero-order valence-electron chi connectivity index (χ0n) is 12.0. The van der Waals surface area contributed by atoms with Gasteiger partial charge in [-0.3, -0.25) is 0 Å². The minimum absolute atomic E-state index is 0.0388. The summed E-state index contributed by atoms with van der Waals surface area (Å²) in [7, 11) is 0. The number of alkyl halides is 11. The van der Waals surface area contributed by atoms with Gasteiger partial charge in [0, 0.05) is 29.2 Å². The van der Waals surface area contributed by atoms with Crippen molar-refractivity contribution in [3.05, 3.63) is 0 Å². The zero-order chi connectivity index (χ0) is 19.4. The Labute approximate surface area is 144 Å². The van der Waals surface area contributed by atoms with E-state index in [1.807, 2.05) is 0 Å². The molecule has 0 unspecified atom stereocenters. The number of rotatable bonds is 11. The lowest BCUT2D eigenvalue weighted by Crippen LogP contribution is -2.66. The predicted octanol–water partition coefficient (Wildman–Crippen LogP) is 5.35. The Hall–Kier alpha value is -0.0500. The third kappa shape index (κ3) is 4.77. The lowest BCUT2D eigenvalue weighted by Gasteiger charge is -2.37. The SMILES string of the molecule is CCCCOCCOC(F)(F)C(F)(F)C(F)(F)C(F)(F)C(F)(F)I. The van der Waals surface area contributed by atoms with Crippen LogP contribution in [0.4, 0.5) is 43.9 Å². The highest BCUT2D eigenvalue weighted by Crippen LogP contribution is 2.58. The molecule has 0 radical (unpaired) electrons. The smallest absolute Gasteiger partial charge is 0.379 e. The third-order valence-electron chi connectivity index (χ3n) is 2.66. The van der Waals surface area contributed by atoms with E-state index in [0.29, 0.717) is 12.8 Å². The van der Waals surface area contributed by atoms with Crippen molar-refractivity contribution in [1.82, 2.24) is 0 Å². The molecule has 0 aromatic rings. The molecular formula is C11H13F10IO2. The Morgan fingerprint density at radius 2 is 1.21 bits per heavy atom. The molecule has 0 aromatic heterocycles. The summed E-state index contributed by atoms with van der Waals surface area (Å²) in [5.74, 6) is -20.7. The molecule has 0 atom stereocenters. The minimum atomic E-state index is -7.09. The van der Waals surface area contributed by atoms with E-state index in [1.54, 1.807) is 6.92 Å². The second kappa shape index (κ2) is 8.10. The quantitative estimate of drug-likeness (QED) is 0.167. The molecule has 146 valence electrons. The van der Waals surface area contributed by atoms with E-state index in [-0.39, 0.29) is 6.61 Å². The highest BCUT2D eigenvalue weighted by atomic mass is 127. The first kappa shape index (κ1) is 23.9. The Kier molecular flexibility index (Phi) is 8.08. The van der Waals surface area contributed by atoms with Gasteiger partial charge >= 0.3 is 27.8 Å². The lowest BCUT2D eigenvalue weighted by atomic mass is 10.0. The fraction of sp³-hybridized carbons (Fsp3) is 1.00. The molecule has 24 heavy (non-hydrogen) atoms. The second-order valence-corrected chi connectivity index (χ2v) is 5.91. The fourth-order valence-electron chi connectivity index (χ4n) is 1.23. The maximum Gasteiger partial charge on any atom is 0.426 e. The van der Waals surface area contributed by atoms with Crippen LogP contribution in [0.5, 0.6) is 0 Å². The molecule has 0 aliphatic carbocycles. The molecule has 2 nitrogen and oxygen atoms in total. The first-order chi connectivity index (χ1) is 10.6. The van der Waals surface area contributed by atoms with Crippen molar-refractivity contribution in [3.63, 3.8) is 0 Å². The van der Waals surface area contributed by atoms with Gasteiger partial charge in [0.1, 0.15) is 0 Å². The van der Waals surface area contributed by atoms with E-state index < -0.39 is 63.6 Å². The molecule has 0 amide bonds. The maximum atomic E-state index is 13.2. The van der Waals surface area contributed by atoms with Crippen molar-refractivity contribution in [3.8, 4) is 0 Å². The summed E-state index contributed by atoms with van der Waals surface area (Å²) < 4.78 is 131. The molecule has 0 aromatic carbocycles. The van der Waals surface area contributed by atoms with Crippen LogP contribution in [-0.2, 0) is 9.47 Å². The van der Waals surface area contributed by atoms with Crippen LogP contribution in [0.1, 0.15) is 19.8 Å². The highest BCUT2D eigenvalue weighted by Gasteiger charge is 2.86. The third-order valence-corrected chi connectivity index (χ3v) is 3.34. The van der Waals surface area contributed by atoms with Gasteiger partial charge in [0.25, 0.3) is 0 Å². The summed E-state index contributed by atoms with van der Waals surface area (Å²) in [5.41, 5.74) is 0. The van der Waals surface area contributed by atoms with E-state index in [4.69, 9.17) is 0 Å². The lowest BCUT2D eigenvalue weighted by molar-refractivity contribution is -0.437. The van der Waals surface area contributed by atoms with E-state index in [2.05, 4.69) is 9.47 Å². The Morgan fingerprint density at radius 3 is 1.62 bits per heavy atom. The molecule has 0 fully saturated rings. The van der Waals surface area contributed by atoms with E-state index in [0.717, 1.165) is 0 Å². The van der Waals surface area contributed by atoms with Crippen LogP contribution >= 0.6 is 22.6 Å². The Bertz CT molecular complexity index is 397. The monoisotopic (exact) mass is 494 g/mol. The summed E-state index contributed by atoms with van der Waals surface area (Å²) in [6.45, 7) is -0.262. The van der Waals surface area contributed by atoms with Crippen LogP contribution in [0.2, 0.25) is 0 Å². The second-order valence-electron chi connectivity index (χ2n) is 4.55. The Balaban J connectivity index is 5.11. The van der Waals surface area contributed by atoms with Gasteiger partial charge in [-0.05, 0) is 6.42 Å². The first-order valence-electron chi connectivity index (χ1n) is 6.36. The minimum Gasteiger partial charge on any atom is -0.379 e. The zero-order valence-corrected chi connectivity index (χ0v) is 14.2. The standard InChI is InChI=1S/C11H13F10IO2/c1-2-3-4-23-5-6-24-11(20,21)9(16,17)7(12,13)8(14,15)10(18,19)22/h2-6H2,1H3. The van der Waals surface area contributed by atoms with Crippen molar-refractivity contribution in [1.29, 1.82) is 0 Å². The fourth-order valence-corrected chi connectivity index (χ4v) is 1.56. The summed E-state index contributed by atoms with van der Waals surface area (Å²) in [4.78, 5) is 0. The van der Waals surface area contributed by atoms with Crippen molar-refractivity contribution in [2.75, 3.05) is 19.8 Å². The van der Waals surface area contributed by atoms with E-state index in [9.17, 15) is 43.9 Å². The normalized spacial score (nSPS) is 15.0. The molecule has 0 aliphatic rings. The molecule has 0 bridgehead atoms. The van der Waals surface area contributed by atoms with Gasteiger partial charge in [0.15, 0.2) is 0 Å². The number of unbranched alkanes of at least 4 members (excludes halogenated alkanes) is 1. The largest absolute Gasteiger partial charge is 0.426 e. The van der Waals surface area contributed by atoms with Gasteiger partial charge < -0.3 is 9.47 Å². The predicted molar refractivity (Wildman–Crippen MR) is 70.4 cm³/mol. The van der Waals surface area contributed by atoms with Crippen molar-refractivity contribution in [2.45, 2.75) is 47.6 Å². The van der Waals surface area contributed by atoms with Crippen LogP contribution in [-0.4, -0.2) is 47.6 Å². The molecule has 0 saturated carbocycles. The summed E-state index contributed by atoms with van der Waals surface area (Å²) in [5, 5.41) is 0. The maximum absolute atomic E-state index is 13.2. The summed E-state index contributed by atoms with van der Waals surface area (Å²) >= 11 is -0.542. The summed E-state index contributed by atoms with van der Waals surface area (Å²) in [6, 6.07) is 0. The van der Waals surface area contributed by atoms with Crippen LogP contribution in [0, 0.1) is 0 Å². The number of halogens is 11. The first-order valence-corrected chi connectivity index (χ1v) is 7.43. The van der Waals surface area contributed by atoms with E-state index >= 15 is 0 Å². The van der Waals surface area contributed by atoms with Crippen molar-refractivity contribution >= 4 is 22.6 Å². The molecule has 0 spiro atoms. The van der Waals surface area contributed by atoms with Crippen molar-refractivity contribution < 1.29 is 53.4 Å². The molecular weight excluding hydrogens is 481 g/mol. The molecule has 0 heterocycles. The molecule has 13 heteroatoms. The van der Waals surface area contributed by atoms with Crippen LogP contribution in [0.3, 0.4) is 0 Å². The van der Waals surface area contributed by atoms with Gasteiger partial charge in [-0.25, -0.2) is 0 Å². The van der Waals surface area contributed by atoms with Gasteiger partial charge in [0.05, 0.1) is 13.2 Å². The van der Waals surface area contributed by atoms with Crippen LogP contribution in [0.15, 0.2) is 0 Å². The number of hydrogen-bond acceptors (Lipinski definition) is 2. The number of ether oxygens (including phenoxy) is 2. The van der Waals surface area contributed by atoms with Gasteiger partial charge in [-0.15, -0.1) is 0 Å². The molecule has 0 rings (SSSR count). The van der Waals surface area contributed by atoms with Crippen LogP contribution in [0.25, 0.3) is 0 Å². The Morgan fingerprint density at radius 1 is 0.708 bits per heavy atom. The highest BCUT2D eigenvalue weighted by molar-refractivity contribution is 14.1.